The minimum atomic E-state index is -0.325. The third-order valence-electron chi connectivity index (χ3n) is 7.68. The lowest BCUT2D eigenvalue weighted by molar-refractivity contribution is -0.137. The molecular weight excluding hydrogens is 386 g/mol. The van der Waals surface area contributed by atoms with Gasteiger partial charge in [-0.1, -0.05) is 36.4 Å². The van der Waals surface area contributed by atoms with Crippen molar-refractivity contribution in [1.29, 1.82) is 0 Å². The summed E-state index contributed by atoms with van der Waals surface area (Å²) < 4.78 is 5.27. The number of methoxy groups -OCH3 is 1. The zero-order chi connectivity index (χ0) is 21.0. The number of fused-ring (bicyclic) bond motifs is 1. The van der Waals surface area contributed by atoms with Crippen LogP contribution in [0, 0.1) is 5.92 Å². The second-order valence-corrected chi connectivity index (χ2v) is 9.13. The maximum atomic E-state index is 13.8. The van der Waals surface area contributed by atoms with Crippen LogP contribution < -0.4 is 4.74 Å². The number of aromatic nitrogens is 1. The smallest absolute Gasteiger partial charge is 0.243 e. The summed E-state index contributed by atoms with van der Waals surface area (Å²) in [5.74, 6) is 1.55. The molecule has 6 rings (SSSR count). The normalized spacial score (nSPS) is 27.6. The number of amides is 1. The number of hydrogen-bond acceptors (Lipinski definition) is 4. The molecule has 3 fully saturated rings. The summed E-state index contributed by atoms with van der Waals surface area (Å²) in [6, 6.07) is 18.9. The topological polar surface area (TPSA) is 45.7 Å². The Bertz CT molecular complexity index is 1140. The Morgan fingerprint density at radius 2 is 1.97 bits per heavy atom. The van der Waals surface area contributed by atoms with Gasteiger partial charge in [-0.05, 0) is 55.1 Å². The van der Waals surface area contributed by atoms with Crippen LogP contribution in [-0.4, -0.2) is 46.4 Å². The number of ether oxygens (including phenoxy) is 1. The van der Waals surface area contributed by atoms with Crippen molar-refractivity contribution in [3.05, 3.63) is 71.9 Å². The molecule has 5 heteroatoms. The van der Waals surface area contributed by atoms with E-state index in [2.05, 4.69) is 46.2 Å². The van der Waals surface area contributed by atoms with Gasteiger partial charge in [0.25, 0.3) is 0 Å². The molecule has 158 valence electrons. The molecule has 31 heavy (non-hydrogen) atoms. The summed E-state index contributed by atoms with van der Waals surface area (Å²) in [4.78, 5) is 23.1. The molecule has 0 N–H and O–H groups in total. The van der Waals surface area contributed by atoms with Gasteiger partial charge in [-0.2, -0.15) is 0 Å². The van der Waals surface area contributed by atoms with Gasteiger partial charge in [0.1, 0.15) is 11.3 Å². The van der Waals surface area contributed by atoms with E-state index in [0.29, 0.717) is 18.4 Å². The molecule has 5 nitrogen and oxygen atoms in total. The molecule has 1 aromatic heterocycles. The van der Waals surface area contributed by atoms with Crippen molar-refractivity contribution in [3.63, 3.8) is 0 Å². The number of carbonyl (C=O) groups excluding carboxylic acids is 1. The summed E-state index contributed by atoms with van der Waals surface area (Å²) in [7, 11) is 1.68. The maximum Gasteiger partial charge on any atom is 0.243 e. The lowest BCUT2D eigenvalue weighted by Gasteiger charge is -2.34. The highest BCUT2D eigenvalue weighted by atomic mass is 16.5. The van der Waals surface area contributed by atoms with Crippen LogP contribution in [-0.2, 0) is 11.3 Å². The zero-order valence-electron chi connectivity index (χ0n) is 17.8. The van der Waals surface area contributed by atoms with Crippen molar-refractivity contribution in [2.24, 2.45) is 5.92 Å². The highest BCUT2D eigenvalue weighted by Crippen LogP contribution is 2.56. The van der Waals surface area contributed by atoms with Gasteiger partial charge in [0.15, 0.2) is 0 Å². The van der Waals surface area contributed by atoms with E-state index in [1.807, 2.05) is 24.4 Å². The first-order chi connectivity index (χ1) is 15.2. The zero-order valence-corrected chi connectivity index (χ0v) is 17.8. The predicted molar refractivity (Wildman–Crippen MR) is 120 cm³/mol. The minimum absolute atomic E-state index is 0.276. The van der Waals surface area contributed by atoms with Crippen molar-refractivity contribution >= 4 is 16.8 Å². The van der Waals surface area contributed by atoms with Crippen LogP contribution in [0.2, 0.25) is 0 Å². The molecule has 1 spiro atoms. The molecule has 3 atom stereocenters. The van der Waals surface area contributed by atoms with Crippen LogP contribution >= 0.6 is 0 Å². The Kier molecular flexibility index (Phi) is 4.29. The molecule has 0 aliphatic carbocycles. The van der Waals surface area contributed by atoms with Crippen LogP contribution in [0.25, 0.3) is 10.9 Å². The van der Waals surface area contributed by atoms with Crippen molar-refractivity contribution in [2.45, 2.75) is 37.4 Å². The van der Waals surface area contributed by atoms with Gasteiger partial charge in [-0.15, -0.1) is 0 Å². The van der Waals surface area contributed by atoms with Gasteiger partial charge in [0, 0.05) is 36.6 Å². The van der Waals surface area contributed by atoms with Crippen LogP contribution in [0.1, 0.15) is 36.4 Å². The largest absolute Gasteiger partial charge is 0.497 e. The van der Waals surface area contributed by atoms with Crippen molar-refractivity contribution in [3.8, 4) is 5.75 Å². The van der Waals surface area contributed by atoms with E-state index in [1.165, 1.54) is 10.9 Å². The summed E-state index contributed by atoms with van der Waals surface area (Å²) >= 11 is 0. The highest BCUT2D eigenvalue weighted by molar-refractivity contribution is 5.91. The molecule has 3 saturated heterocycles. The van der Waals surface area contributed by atoms with E-state index in [1.54, 1.807) is 7.11 Å². The van der Waals surface area contributed by atoms with E-state index in [-0.39, 0.29) is 11.6 Å². The van der Waals surface area contributed by atoms with Gasteiger partial charge in [0.2, 0.25) is 5.91 Å². The van der Waals surface area contributed by atoms with Gasteiger partial charge < -0.3 is 9.64 Å². The third kappa shape index (κ3) is 2.72. The Balaban J connectivity index is 1.31. The molecule has 0 bridgehead atoms. The van der Waals surface area contributed by atoms with E-state index < -0.39 is 0 Å². The summed E-state index contributed by atoms with van der Waals surface area (Å²) in [6.45, 7) is 2.51. The molecule has 0 radical (unpaired) electrons. The van der Waals surface area contributed by atoms with Gasteiger partial charge in [-0.25, -0.2) is 0 Å². The van der Waals surface area contributed by atoms with Gasteiger partial charge in [-0.3, -0.25) is 14.7 Å². The first-order valence-corrected chi connectivity index (χ1v) is 11.2. The molecule has 3 aliphatic rings. The first kappa shape index (κ1) is 18.8. The van der Waals surface area contributed by atoms with Gasteiger partial charge in [0.05, 0.1) is 12.6 Å². The Hall–Kier alpha value is -2.92. The Morgan fingerprint density at radius 1 is 1.13 bits per heavy atom. The molecular formula is C26H27N3O2. The van der Waals surface area contributed by atoms with Crippen molar-refractivity contribution in [1.82, 2.24) is 14.8 Å². The van der Waals surface area contributed by atoms with Crippen LogP contribution in [0.5, 0.6) is 5.75 Å². The number of rotatable bonds is 4. The fourth-order valence-electron chi connectivity index (χ4n) is 6.36. The highest BCUT2D eigenvalue weighted by Gasteiger charge is 2.65. The number of hydrogen-bond donors (Lipinski definition) is 0. The molecule has 4 heterocycles. The number of benzene rings is 2. The number of pyridine rings is 1. The standard InChI is InChI=1S/C26H27N3O2/c1-31-21-10-8-18(9-11-21)16-28-17-20-15-23(29-14-4-12-26(20,29)25(28)30)22-7-2-5-19-6-3-13-27-24(19)22/h2-3,5-11,13,20,23H,4,12,14-17H2,1H3/t20-,23-,26-/m0/s1. The van der Waals surface area contributed by atoms with E-state index >= 15 is 0 Å². The van der Waals surface area contributed by atoms with Crippen molar-refractivity contribution in [2.75, 3.05) is 20.2 Å². The number of nitrogens with zero attached hydrogens (tertiary/aromatic N) is 3. The van der Waals surface area contributed by atoms with E-state index in [9.17, 15) is 4.79 Å². The molecule has 0 saturated carbocycles. The first-order valence-electron chi connectivity index (χ1n) is 11.2. The Labute approximate surface area is 182 Å². The summed E-state index contributed by atoms with van der Waals surface area (Å²) in [5, 5.41) is 1.18. The molecule has 3 aliphatic heterocycles. The quantitative estimate of drug-likeness (QED) is 0.644. The SMILES string of the molecule is COc1ccc(CN2C[C@@H]3C[C@@H](c4cccc5cccnc45)N4CCC[C@@]34C2=O)cc1. The maximum absolute atomic E-state index is 13.8. The minimum Gasteiger partial charge on any atom is -0.497 e. The van der Waals surface area contributed by atoms with Gasteiger partial charge >= 0.3 is 0 Å². The number of likely N-dealkylation sites (tertiary alicyclic amines) is 1. The molecule has 0 unspecified atom stereocenters. The average Bonchev–Trinajstić information content (AvgIpc) is 3.44. The number of para-hydroxylation sites is 1. The lowest BCUT2D eigenvalue weighted by Crippen LogP contribution is -2.49. The lowest BCUT2D eigenvalue weighted by atomic mass is 9.85. The molecule has 2 aromatic carbocycles. The molecule has 3 aromatic rings. The van der Waals surface area contributed by atoms with Crippen LogP contribution in [0.4, 0.5) is 0 Å². The second kappa shape index (κ2) is 7.06. The number of carbonyl (C=O) groups is 1. The fraction of sp³-hybridized carbons (Fsp3) is 0.385. The van der Waals surface area contributed by atoms with E-state index in [0.717, 1.165) is 49.2 Å². The van der Waals surface area contributed by atoms with Crippen LogP contribution in [0.15, 0.2) is 60.8 Å². The van der Waals surface area contributed by atoms with Crippen LogP contribution in [0.3, 0.4) is 0 Å². The fourth-order valence-corrected chi connectivity index (χ4v) is 6.36. The average molecular weight is 414 g/mol. The molecule has 1 amide bonds. The second-order valence-electron chi connectivity index (χ2n) is 9.13. The summed E-state index contributed by atoms with van der Waals surface area (Å²) in [6.07, 6.45) is 4.97. The Morgan fingerprint density at radius 3 is 2.81 bits per heavy atom. The van der Waals surface area contributed by atoms with Crippen molar-refractivity contribution < 1.29 is 9.53 Å². The van der Waals surface area contributed by atoms with E-state index in [4.69, 9.17) is 9.72 Å². The third-order valence-corrected chi connectivity index (χ3v) is 7.68. The summed E-state index contributed by atoms with van der Waals surface area (Å²) in [5.41, 5.74) is 3.20. The monoisotopic (exact) mass is 413 g/mol. The predicted octanol–water partition coefficient (Wildman–Crippen LogP) is 4.18.